The van der Waals surface area contributed by atoms with Crippen molar-refractivity contribution in [3.05, 3.63) is 45.7 Å². The lowest BCUT2D eigenvalue weighted by Crippen LogP contribution is -1.77. The fourth-order valence-electron chi connectivity index (χ4n) is 1.33. The second-order valence-electron chi connectivity index (χ2n) is 3.10. The summed E-state index contributed by atoms with van der Waals surface area (Å²) < 4.78 is 1.27. The Hall–Kier alpha value is -0.770. The minimum Gasteiger partial charge on any atom is -0.361 e. The van der Waals surface area contributed by atoms with Crippen LogP contribution in [0.1, 0.15) is 5.56 Å². The van der Waals surface area contributed by atoms with Gasteiger partial charge in [0.25, 0.3) is 0 Å². The lowest BCUT2D eigenvalue weighted by Gasteiger charge is -1.97. The molecule has 0 atom stereocenters. The summed E-state index contributed by atoms with van der Waals surface area (Å²) in [5, 5.41) is 0. The summed E-state index contributed by atoms with van der Waals surface area (Å²) in [7, 11) is 0. The number of hydrogen-bond donors (Lipinski definition) is 1. The monoisotopic (exact) mass is 283 g/mol. The van der Waals surface area contributed by atoms with Crippen LogP contribution in [0.25, 0.3) is 11.3 Å². The molecule has 13 heavy (non-hydrogen) atoms. The van der Waals surface area contributed by atoms with Crippen molar-refractivity contribution in [3.63, 3.8) is 0 Å². The molecule has 0 aliphatic carbocycles. The highest BCUT2D eigenvalue weighted by Crippen LogP contribution is 2.20. The van der Waals surface area contributed by atoms with E-state index in [0.717, 1.165) is 0 Å². The Kier molecular flexibility index (Phi) is 2.40. The van der Waals surface area contributed by atoms with E-state index in [1.807, 2.05) is 6.20 Å². The molecule has 0 aliphatic rings. The van der Waals surface area contributed by atoms with Gasteiger partial charge in [-0.2, -0.15) is 0 Å². The van der Waals surface area contributed by atoms with Gasteiger partial charge in [-0.3, -0.25) is 0 Å². The van der Waals surface area contributed by atoms with E-state index in [0.29, 0.717) is 0 Å². The van der Waals surface area contributed by atoms with E-state index in [2.05, 4.69) is 64.8 Å². The van der Waals surface area contributed by atoms with Crippen LogP contribution in [0.5, 0.6) is 0 Å². The third kappa shape index (κ3) is 1.94. The highest BCUT2D eigenvalue weighted by molar-refractivity contribution is 14.1. The van der Waals surface area contributed by atoms with Crippen LogP contribution in [0.2, 0.25) is 0 Å². The van der Waals surface area contributed by atoms with Crippen molar-refractivity contribution in [2.24, 2.45) is 0 Å². The molecule has 0 amide bonds. The second kappa shape index (κ2) is 3.54. The number of halogens is 1. The molecule has 0 unspecified atom stereocenters. The predicted molar refractivity (Wildman–Crippen MR) is 63.7 cm³/mol. The number of hydrogen-bond acceptors (Lipinski definition) is 0. The van der Waals surface area contributed by atoms with E-state index in [1.165, 1.54) is 20.4 Å². The number of nitrogens with one attached hydrogen (secondary N) is 1. The molecule has 66 valence electrons. The van der Waals surface area contributed by atoms with Gasteiger partial charge < -0.3 is 4.98 Å². The fourth-order valence-corrected chi connectivity index (χ4v) is 1.87. The van der Waals surface area contributed by atoms with Crippen molar-refractivity contribution in [1.82, 2.24) is 4.98 Å². The van der Waals surface area contributed by atoms with E-state index in [4.69, 9.17) is 0 Å². The molecule has 2 aromatic rings. The summed E-state index contributed by atoms with van der Waals surface area (Å²) >= 11 is 2.33. The zero-order chi connectivity index (χ0) is 9.26. The maximum atomic E-state index is 3.25. The first-order valence-corrected chi connectivity index (χ1v) is 5.24. The average Bonchev–Trinajstić information content (AvgIpc) is 2.52. The van der Waals surface area contributed by atoms with Gasteiger partial charge in [-0.1, -0.05) is 12.1 Å². The first kappa shape index (κ1) is 8.81. The highest BCUT2D eigenvalue weighted by atomic mass is 127. The lowest BCUT2D eigenvalue weighted by atomic mass is 10.1. The van der Waals surface area contributed by atoms with Crippen LogP contribution < -0.4 is 0 Å². The van der Waals surface area contributed by atoms with Gasteiger partial charge in [-0.25, -0.2) is 0 Å². The topological polar surface area (TPSA) is 15.8 Å². The molecule has 0 fully saturated rings. The van der Waals surface area contributed by atoms with Gasteiger partial charge in [-0.05, 0) is 58.8 Å². The summed E-state index contributed by atoms with van der Waals surface area (Å²) in [5.41, 5.74) is 3.71. The summed E-state index contributed by atoms with van der Waals surface area (Å²) in [4.78, 5) is 3.25. The first-order valence-electron chi connectivity index (χ1n) is 4.17. The van der Waals surface area contributed by atoms with Gasteiger partial charge in [0.2, 0.25) is 0 Å². The molecule has 0 saturated heterocycles. The van der Waals surface area contributed by atoms with Gasteiger partial charge in [0.1, 0.15) is 0 Å². The van der Waals surface area contributed by atoms with Gasteiger partial charge >= 0.3 is 0 Å². The third-order valence-electron chi connectivity index (χ3n) is 1.96. The van der Waals surface area contributed by atoms with Crippen LogP contribution in [0.4, 0.5) is 0 Å². The molecule has 1 aromatic carbocycles. The van der Waals surface area contributed by atoms with Crippen LogP contribution >= 0.6 is 22.6 Å². The molecule has 0 saturated carbocycles. The number of rotatable bonds is 1. The highest BCUT2D eigenvalue weighted by Gasteiger charge is 1.99. The number of aromatic nitrogens is 1. The largest absolute Gasteiger partial charge is 0.361 e. The van der Waals surface area contributed by atoms with Crippen molar-refractivity contribution < 1.29 is 0 Å². The lowest BCUT2D eigenvalue weighted by molar-refractivity contribution is 1.38. The van der Waals surface area contributed by atoms with Crippen molar-refractivity contribution in [2.45, 2.75) is 6.92 Å². The Bertz CT molecular complexity index is 418. The van der Waals surface area contributed by atoms with Crippen LogP contribution in [-0.4, -0.2) is 4.98 Å². The number of H-pyrrole nitrogens is 1. The molecule has 1 heterocycles. The Balaban J connectivity index is 2.46. The van der Waals surface area contributed by atoms with Gasteiger partial charge in [-0.15, -0.1) is 0 Å². The van der Waals surface area contributed by atoms with Crippen molar-refractivity contribution in [1.29, 1.82) is 0 Å². The van der Waals surface area contributed by atoms with Gasteiger partial charge in [0.15, 0.2) is 0 Å². The molecular formula is C11H10IN. The Morgan fingerprint density at radius 3 is 2.69 bits per heavy atom. The van der Waals surface area contributed by atoms with Crippen molar-refractivity contribution in [3.8, 4) is 11.3 Å². The molecule has 0 spiro atoms. The Labute approximate surface area is 91.3 Å². The maximum Gasteiger partial charge on any atom is 0.0457 e. The van der Waals surface area contributed by atoms with Crippen LogP contribution in [0, 0.1) is 10.5 Å². The molecule has 2 rings (SSSR count). The summed E-state index contributed by atoms with van der Waals surface area (Å²) in [6.45, 7) is 2.09. The van der Waals surface area contributed by atoms with Gasteiger partial charge in [0.05, 0.1) is 0 Å². The SMILES string of the molecule is Cc1c[nH]c(-c2cccc(I)c2)c1. The van der Waals surface area contributed by atoms with Crippen LogP contribution in [0.3, 0.4) is 0 Å². The standard InChI is InChI=1S/C11H10IN/c1-8-5-11(13-7-8)9-3-2-4-10(12)6-9/h2-7,13H,1H3. The zero-order valence-electron chi connectivity index (χ0n) is 7.34. The minimum atomic E-state index is 1.19. The van der Waals surface area contributed by atoms with Crippen LogP contribution in [0.15, 0.2) is 36.5 Å². The molecule has 1 nitrogen and oxygen atoms in total. The first-order chi connectivity index (χ1) is 6.25. The number of benzene rings is 1. The fraction of sp³-hybridized carbons (Fsp3) is 0.0909. The maximum absolute atomic E-state index is 3.25. The summed E-state index contributed by atoms with van der Waals surface area (Å²) in [5.74, 6) is 0. The van der Waals surface area contributed by atoms with Crippen LogP contribution in [-0.2, 0) is 0 Å². The third-order valence-corrected chi connectivity index (χ3v) is 2.63. The second-order valence-corrected chi connectivity index (χ2v) is 4.35. The number of aryl methyl sites for hydroxylation is 1. The van der Waals surface area contributed by atoms with E-state index in [-0.39, 0.29) is 0 Å². The smallest absolute Gasteiger partial charge is 0.0457 e. The zero-order valence-corrected chi connectivity index (χ0v) is 9.50. The quantitative estimate of drug-likeness (QED) is 0.770. The summed E-state index contributed by atoms with van der Waals surface area (Å²) in [6, 6.07) is 10.6. The normalized spacial score (nSPS) is 10.3. The predicted octanol–water partition coefficient (Wildman–Crippen LogP) is 3.59. The van der Waals surface area contributed by atoms with Gasteiger partial charge in [0, 0.05) is 15.5 Å². The molecule has 0 radical (unpaired) electrons. The summed E-state index contributed by atoms with van der Waals surface area (Å²) in [6.07, 6.45) is 2.02. The molecule has 0 bridgehead atoms. The van der Waals surface area contributed by atoms with E-state index in [1.54, 1.807) is 0 Å². The number of aromatic amines is 1. The molecular weight excluding hydrogens is 273 g/mol. The van der Waals surface area contributed by atoms with Crippen molar-refractivity contribution in [2.75, 3.05) is 0 Å². The molecule has 2 heteroatoms. The van der Waals surface area contributed by atoms with E-state index < -0.39 is 0 Å². The molecule has 0 aliphatic heterocycles. The molecule has 1 aromatic heterocycles. The Morgan fingerprint density at radius 2 is 2.08 bits per heavy atom. The van der Waals surface area contributed by atoms with E-state index in [9.17, 15) is 0 Å². The van der Waals surface area contributed by atoms with E-state index >= 15 is 0 Å². The average molecular weight is 283 g/mol. The Morgan fingerprint density at radius 1 is 1.23 bits per heavy atom. The minimum absolute atomic E-state index is 1.19. The molecule has 1 N–H and O–H groups in total. The van der Waals surface area contributed by atoms with Crippen molar-refractivity contribution >= 4 is 22.6 Å².